The summed E-state index contributed by atoms with van der Waals surface area (Å²) < 4.78 is 64.3. The van der Waals surface area contributed by atoms with Gasteiger partial charge >= 0.3 is 6.18 Å². The van der Waals surface area contributed by atoms with E-state index in [1.54, 1.807) is 0 Å². The highest BCUT2D eigenvalue weighted by Crippen LogP contribution is 2.36. The first-order valence-electron chi connectivity index (χ1n) is 6.96. The predicted molar refractivity (Wildman–Crippen MR) is 83.7 cm³/mol. The smallest absolute Gasteiger partial charge is 0.327 e. The van der Waals surface area contributed by atoms with Gasteiger partial charge in [-0.2, -0.15) is 13.2 Å². The van der Waals surface area contributed by atoms with Gasteiger partial charge in [-0.15, -0.1) is 0 Å². The zero-order chi connectivity index (χ0) is 18.0. The Balaban J connectivity index is 3.05. The fraction of sp³-hybridized carbons (Fsp3) is 0.571. The molecule has 9 heteroatoms. The molecule has 0 saturated carbocycles. The molecule has 23 heavy (non-hydrogen) atoms. The summed E-state index contributed by atoms with van der Waals surface area (Å²) >= 11 is 5.50. The lowest BCUT2D eigenvalue weighted by Gasteiger charge is -2.22. The number of rotatable bonds is 6. The van der Waals surface area contributed by atoms with E-state index in [0.717, 1.165) is 16.4 Å². The van der Waals surface area contributed by atoms with Crippen LogP contribution in [0, 0.1) is 5.92 Å². The van der Waals surface area contributed by atoms with Crippen molar-refractivity contribution < 1.29 is 21.6 Å². The molecule has 0 aliphatic heterocycles. The standard InChI is InChI=1S/C14H20ClF3N2O2S/c1-9(2)13(19)6-7-20(3)23(21,22)10-4-5-12(15)11(8-10)14(16,17)18/h4-5,8-9,13H,6-7,19H2,1-3H3. The summed E-state index contributed by atoms with van der Waals surface area (Å²) in [7, 11) is -2.73. The molecule has 1 rings (SSSR count). The van der Waals surface area contributed by atoms with Gasteiger partial charge in [0.2, 0.25) is 10.0 Å². The normalized spacial score (nSPS) is 14.5. The monoisotopic (exact) mass is 372 g/mol. The van der Waals surface area contributed by atoms with Gasteiger partial charge in [-0.1, -0.05) is 25.4 Å². The number of nitrogens with two attached hydrogens (primary N) is 1. The maximum absolute atomic E-state index is 12.9. The Hall–Kier alpha value is -0.830. The van der Waals surface area contributed by atoms with E-state index >= 15 is 0 Å². The van der Waals surface area contributed by atoms with Crippen molar-refractivity contribution in [2.75, 3.05) is 13.6 Å². The summed E-state index contributed by atoms with van der Waals surface area (Å²) in [5, 5.41) is -0.541. The van der Waals surface area contributed by atoms with Gasteiger partial charge < -0.3 is 5.73 Å². The molecule has 1 atom stereocenters. The van der Waals surface area contributed by atoms with Gasteiger partial charge in [0.15, 0.2) is 0 Å². The summed E-state index contributed by atoms with van der Waals surface area (Å²) in [5.74, 6) is 0.179. The largest absolute Gasteiger partial charge is 0.417 e. The second-order valence-corrected chi connectivity index (χ2v) is 8.11. The SMILES string of the molecule is CC(C)C(N)CCN(C)S(=O)(=O)c1ccc(Cl)c(C(F)(F)F)c1. The minimum Gasteiger partial charge on any atom is -0.327 e. The van der Waals surface area contributed by atoms with Crippen LogP contribution in [-0.4, -0.2) is 32.4 Å². The van der Waals surface area contributed by atoms with E-state index in [9.17, 15) is 21.6 Å². The first-order chi connectivity index (χ1) is 10.4. The van der Waals surface area contributed by atoms with Crippen LogP contribution in [0.3, 0.4) is 0 Å². The second-order valence-electron chi connectivity index (χ2n) is 5.66. The van der Waals surface area contributed by atoms with Crippen LogP contribution in [-0.2, 0) is 16.2 Å². The third-order valence-electron chi connectivity index (χ3n) is 3.59. The molecule has 4 nitrogen and oxygen atoms in total. The average Bonchev–Trinajstić information content (AvgIpc) is 2.42. The number of alkyl halides is 3. The van der Waals surface area contributed by atoms with Gasteiger partial charge in [-0.05, 0) is 30.5 Å². The van der Waals surface area contributed by atoms with E-state index in [1.165, 1.54) is 7.05 Å². The molecule has 1 unspecified atom stereocenters. The number of halogens is 4. The lowest BCUT2D eigenvalue weighted by molar-refractivity contribution is -0.137. The maximum atomic E-state index is 12.9. The van der Waals surface area contributed by atoms with Crippen LogP contribution in [0.5, 0.6) is 0 Å². The summed E-state index contributed by atoms with van der Waals surface area (Å²) in [6.07, 6.45) is -4.31. The maximum Gasteiger partial charge on any atom is 0.417 e. The number of sulfonamides is 1. The Labute approximate surface area is 139 Å². The summed E-state index contributed by atoms with van der Waals surface area (Å²) in [4.78, 5) is -0.449. The Kier molecular flexibility index (Phi) is 6.48. The molecule has 132 valence electrons. The summed E-state index contributed by atoms with van der Waals surface area (Å²) in [5.41, 5.74) is 4.69. The fourth-order valence-corrected chi connectivity index (χ4v) is 3.28. The van der Waals surface area contributed by atoms with Crippen molar-refractivity contribution >= 4 is 21.6 Å². The van der Waals surface area contributed by atoms with Crippen molar-refractivity contribution in [3.8, 4) is 0 Å². The lowest BCUT2D eigenvalue weighted by atomic mass is 10.0. The van der Waals surface area contributed by atoms with Crippen LogP contribution in [0.1, 0.15) is 25.8 Å². The molecule has 0 aromatic heterocycles. The van der Waals surface area contributed by atoms with E-state index in [1.807, 2.05) is 13.8 Å². The first-order valence-corrected chi connectivity index (χ1v) is 8.78. The van der Waals surface area contributed by atoms with Crippen molar-refractivity contribution in [2.45, 2.75) is 37.4 Å². The van der Waals surface area contributed by atoms with Crippen LogP contribution in [0.25, 0.3) is 0 Å². The fourth-order valence-electron chi connectivity index (χ4n) is 1.85. The van der Waals surface area contributed by atoms with Crippen molar-refractivity contribution in [1.29, 1.82) is 0 Å². The van der Waals surface area contributed by atoms with E-state index < -0.39 is 31.7 Å². The van der Waals surface area contributed by atoms with Gasteiger partial charge in [0.25, 0.3) is 0 Å². The minimum atomic E-state index is -4.72. The van der Waals surface area contributed by atoms with Gasteiger partial charge in [0, 0.05) is 19.6 Å². The molecule has 0 aliphatic rings. The highest BCUT2D eigenvalue weighted by Gasteiger charge is 2.35. The van der Waals surface area contributed by atoms with E-state index in [4.69, 9.17) is 17.3 Å². The summed E-state index contributed by atoms with van der Waals surface area (Å²) in [6.45, 7) is 3.94. The molecule has 0 heterocycles. The first kappa shape index (κ1) is 20.2. The molecule has 0 aliphatic carbocycles. The van der Waals surface area contributed by atoms with Gasteiger partial charge in [0.1, 0.15) is 0 Å². The number of nitrogens with zero attached hydrogens (tertiary/aromatic N) is 1. The average molecular weight is 373 g/mol. The second kappa shape index (κ2) is 7.38. The third-order valence-corrected chi connectivity index (χ3v) is 5.77. The molecule has 1 aromatic carbocycles. The van der Waals surface area contributed by atoms with Gasteiger partial charge in [-0.25, -0.2) is 12.7 Å². The minimum absolute atomic E-state index is 0.117. The van der Waals surface area contributed by atoms with Gasteiger partial charge in [-0.3, -0.25) is 0 Å². The van der Waals surface area contributed by atoms with Crippen molar-refractivity contribution in [3.05, 3.63) is 28.8 Å². The van der Waals surface area contributed by atoms with E-state index in [2.05, 4.69) is 0 Å². The van der Waals surface area contributed by atoms with Crippen molar-refractivity contribution in [2.24, 2.45) is 11.7 Å². The van der Waals surface area contributed by atoms with Crippen LogP contribution in [0.4, 0.5) is 13.2 Å². The molecular formula is C14H20ClF3N2O2S. The zero-order valence-corrected chi connectivity index (χ0v) is 14.6. The Bertz CT molecular complexity index is 648. The topological polar surface area (TPSA) is 63.4 Å². The van der Waals surface area contributed by atoms with Crippen molar-refractivity contribution in [3.63, 3.8) is 0 Å². The predicted octanol–water partition coefficient (Wildman–Crippen LogP) is 3.35. The molecule has 0 amide bonds. The molecule has 0 saturated heterocycles. The summed E-state index contributed by atoms with van der Waals surface area (Å²) in [6, 6.07) is 2.36. The quantitative estimate of drug-likeness (QED) is 0.832. The highest BCUT2D eigenvalue weighted by molar-refractivity contribution is 7.89. The Morgan fingerprint density at radius 2 is 1.87 bits per heavy atom. The molecule has 1 aromatic rings. The van der Waals surface area contributed by atoms with Crippen molar-refractivity contribution in [1.82, 2.24) is 4.31 Å². The Morgan fingerprint density at radius 1 is 1.30 bits per heavy atom. The molecule has 2 N–H and O–H groups in total. The molecule has 0 spiro atoms. The van der Waals surface area contributed by atoms with Gasteiger partial charge in [0.05, 0.1) is 15.5 Å². The van der Waals surface area contributed by atoms with Crippen LogP contribution >= 0.6 is 11.6 Å². The number of hydrogen-bond donors (Lipinski definition) is 1. The molecule has 0 fully saturated rings. The zero-order valence-electron chi connectivity index (χ0n) is 13.1. The van der Waals surface area contributed by atoms with Crippen LogP contribution in [0.15, 0.2) is 23.1 Å². The van der Waals surface area contributed by atoms with Crippen LogP contribution < -0.4 is 5.73 Å². The van der Waals surface area contributed by atoms with Crippen LogP contribution in [0.2, 0.25) is 5.02 Å². The highest BCUT2D eigenvalue weighted by atomic mass is 35.5. The lowest BCUT2D eigenvalue weighted by Crippen LogP contribution is -2.34. The molecule has 0 bridgehead atoms. The van der Waals surface area contributed by atoms with E-state index in [0.29, 0.717) is 12.5 Å². The number of hydrogen-bond acceptors (Lipinski definition) is 3. The number of benzene rings is 1. The Morgan fingerprint density at radius 3 is 2.35 bits per heavy atom. The molecular weight excluding hydrogens is 353 g/mol. The molecule has 0 radical (unpaired) electrons. The van der Waals surface area contributed by atoms with E-state index in [-0.39, 0.29) is 18.5 Å². The third kappa shape index (κ3) is 5.07.